The van der Waals surface area contributed by atoms with Crippen molar-refractivity contribution < 1.29 is 37.9 Å². The second kappa shape index (κ2) is 9.35. The van der Waals surface area contributed by atoms with Crippen LogP contribution >= 0.6 is 0 Å². The quantitative estimate of drug-likeness (QED) is 0.574. The van der Waals surface area contributed by atoms with Crippen molar-refractivity contribution in [2.24, 2.45) is 0 Å². The van der Waals surface area contributed by atoms with Gasteiger partial charge in [0.1, 0.15) is 24.4 Å². The lowest BCUT2D eigenvalue weighted by atomic mass is 9.99. The van der Waals surface area contributed by atoms with Crippen LogP contribution in [0.5, 0.6) is 11.5 Å². The summed E-state index contributed by atoms with van der Waals surface area (Å²) in [5.41, 5.74) is 3.19. The fraction of sp³-hybridized carbons (Fsp3) is 0.556. The van der Waals surface area contributed by atoms with Crippen molar-refractivity contribution in [2.75, 3.05) is 20.8 Å². The Hall–Kier alpha value is -2.20. The number of benzene rings is 2. The molecular formula is C27H34O8. The van der Waals surface area contributed by atoms with Crippen molar-refractivity contribution in [1.82, 2.24) is 0 Å². The Morgan fingerprint density at radius 3 is 2.06 bits per heavy atom. The van der Waals surface area contributed by atoms with Crippen molar-refractivity contribution >= 4 is 0 Å². The van der Waals surface area contributed by atoms with Crippen LogP contribution < -0.4 is 9.47 Å². The molecule has 0 radical (unpaired) electrons. The van der Waals surface area contributed by atoms with Crippen LogP contribution in [0.25, 0.3) is 11.1 Å². The molecule has 8 nitrogen and oxygen atoms in total. The van der Waals surface area contributed by atoms with E-state index < -0.39 is 17.9 Å². The number of ether oxygens (including phenoxy) is 8. The van der Waals surface area contributed by atoms with Crippen LogP contribution in [0, 0.1) is 0 Å². The van der Waals surface area contributed by atoms with Crippen molar-refractivity contribution in [3.05, 3.63) is 48.0 Å². The van der Waals surface area contributed by atoms with Gasteiger partial charge < -0.3 is 37.9 Å². The highest BCUT2D eigenvalue weighted by atomic mass is 16.9. The molecule has 3 aliphatic rings. The normalized spacial score (nSPS) is 30.5. The van der Waals surface area contributed by atoms with E-state index in [1.54, 1.807) is 14.2 Å². The van der Waals surface area contributed by atoms with Crippen molar-refractivity contribution in [2.45, 2.75) is 76.6 Å². The summed E-state index contributed by atoms with van der Waals surface area (Å²) in [7, 11) is 3.27. The molecular weight excluding hydrogens is 452 g/mol. The zero-order chi connectivity index (χ0) is 24.8. The van der Waals surface area contributed by atoms with E-state index in [2.05, 4.69) is 24.3 Å². The predicted molar refractivity (Wildman–Crippen MR) is 127 cm³/mol. The van der Waals surface area contributed by atoms with Gasteiger partial charge in [0.2, 0.25) is 0 Å². The van der Waals surface area contributed by atoms with Gasteiger partial charge in [-0.2, -0.15) is 0 Å². The molecule has 0 aromatic heterocycles. The predicted octanol–water partition coefficient (Wildman–Crippen LogP) is 4.28. The molecule has 0 N–H and O–H groups in total. The van der Waals surface area contributed by atoms with Crippen LogP contribution in [0.4, 0.5) is 0 Å². The van der Waals surface area contributed by atoms with E-state index in [1.165, 1.54) is 0 Å². The van der Waals surface area contributed by atoms with Gasteiger partial charge in [-0.15, -0.1) is 0 Å². The molecule has 2 aromatic carbocycles. The summed E-state index contributed by atoms with van der Waals surface area (Å²) in [6.07, 6.45) is -1.75. The molecule has 0 aliphatic carbocycles. The zero-order valence-electron chi connectivity index (χ0n) is 21.1. The summed E-state index contributed by atoms with van der Waals surface area (Å²) >= 11 is 0. The van der Waals surface area contributed by atoms with Gasteiger partial charge >= 0.3 is 0 Å². The van der Waals surface area contributed by atoms with Crippen molar-refractivity contribution in [3.63, 3.8) is 0 Å². The summed E-state index contributed by atoms with van der Waals surface area (Å²) < 4.78 is 47.3. The topological polar surface area (TPSA) is 73.8 Å². The number of methoxy groups -OCH3 is 2. The smallest absolute Gasteiger partial charge is 0.190 e. The highest BCUT2D eigenvalue weighted by molar-refractivity contribution is 5.67. The van der Waals surface area contributed by atoms with Gasteiger partial charge in [-0.05, 0) is 56.5 Å². The molecule has 3 aliphatic heterocycles. The molecule has 3 fully saturated rings. The summed E-state index contributed by atoms with van der Waals surface area (Å²) in [6.45, 7) is 8.36. The van der Waals surface area contributed by atoms with Crippen molar-refractivity contribution in [1.29, 1.82) is 0 Å². The maximum atomic E-state index is 6.21. The average molecular weight is 487 g/mol. The van der Waals surface area contributed by atoms with Gasteiger partial charge in [-0.1, -0.05) is 30.3 Å². The average Bonchev–Trinajstić information content (AvgIpc) is 3.33. The van der Waals surface area contributed by atoms with E-state index >= 15 is 0 Å². The first-order chi connectivity index (χ1) is 16.7. The van der Waals surface area contributed by atoms with Gasteiger partial charge in [0.25, 0.3) is 0 Å². The second-order valence-electron chi connectivity index (χ2n) is 9.99. The molecule has 3 heterocycles. The van der Waals surface area contributed by atoms with E-state index in [-0.39, 0.29) is 24.4 Å². The van der Waals surface area contributed by atoms with Crippen molar-refractivity contribution in [3.8, 4) is 22.6 Å². The van der Waals surface area contributed by atoms with Crippen LogP contribution in [-0.4, -0.2) is 63.1 Å². The van der Waals surface area contributed by atoms with Gasteiger partial charge in [0, 0.05) is 0 Å². The molecule has 0 spiro atoms. The lowest BCUT2D eigenvalue weighted by Crippen LogP contribution is -2.56. The Labute approximate surface area is 206 Å². The highest BCUT2D eigenvalue weighted by Gasteiger charge is 2.60. The van der Waals surface area contributed by atoms with Gasteiger partial charge in [-0.3, -0.25) is 0 Å². The molecule has 0 bridgehead atoms. The Morgan fingerprint density at radius 1 is 0.714 bits per heavy atom. The Balaban J connectivity index is 1.21. The van der Waals surface area contributed by atoms with E-state index in [4.69, 9.17) is 37.9 Å². The summed E-state index contributed by atoms with van der Waals surface area (Å²) in [5, 5.41) is 0. The maximum Gasteiger partial charge on any atom is 0.190 e. The summed E-state index contributed by atoms with van der Waals surface area (Å²) in [5.74, 6) is -0.0480. The van der Waals surface area contributed by atoms with Crippen LogP contribution in [0.3, 0.4) is 0 Å². The third-order valence-corrected chi connectivity index (χ3v) is 6.47. The first-order valence-corrected chi connectivity index (χ1v) is 11.9. The monoisotopic (exact) mass is 486 g/mol. The third kappa shape index (κ3) is 5.05. The molecule has 5 atom stereocenters. The maximum absolute atomic E-state index is 6.21. The zero-order valence-corrected chi connectivity index (χ0v) is 21.1. The molecule has 0 unspecified atom stereocenters. The number of hydrogen-bond acceptors (Lipinski definition) is 8. The Bertz CT molecular complexity index is 1030. The molecule has 8 heteroatoms. The fourth-order valence-electron chi connectivity index (χ4n) is 4.93. The minimum absolute atomic E-state index is 0.278. The second-order valence-corrected chi connectivity index (χ2v) is 9.99. The molecule has 0 saturated carbocycles. The van der Waals surface area contributed by atoms with E-state index in [1.807, 2.05) is 45.9 Å². The fourth-order valence-corrected chi connectivity index (χ4v) is 4.93. The summed E-state index contributed by atoms with van der Waals surface area (Å²) in [6, 6.07) is 14.1. The number of hydrogen-bond donors (Lipinski definition) is 0. The molecule has 190 valence electrons. The Kier molecular flexibility index (Phi) is 6.54. The molecule has 5 rings (SSSR count). The molecule has 0 amide bonds. The minimum atomic E-state index is -0.735. The van der Waals surface area contributed by atoms with E-state index in [0.717, 1.165) is 16.7 Å². The van der Waals surface area contributed by atoms with Gasteiger partial charge in [-0.25, -0.2) is 0 Å². The van der Waals surface area contributed by atoms with E-state index in [9.17, 15) is 0 Å². The van der Waals surface area contributed by atoms with Crippen LogP contribution in [0.1, 0.15) is 33.3 Å². The standard InChI is InChI=1S/C27H34O8/c1-26(2)32-22-21(31-25-24(23(22)33-26)34-27(3,4)35-25)15-30-14-16-7-9-17(10-8-16)18-11-12-19(28-5)20(13-18)29-6/h7-13,21-25H,14-15H2,1-6H3/t21-,22+,23+,24-,25-/m1/s1. The molecule has 35 heavy (non-hydrogen) atoms. The Morgan fingerprint density at radius 2 is 1.34 bits per heavy atom. The minimum Gasteiger partial charge on any atom is -0.493 e. The van der Waals surface area contributed by atoms with Gasteiger partial charge in [0.15, 0.2) is 29.4 Å². The summed E-state index contributed by atoms with van der Waals surface area (Å²) in [4.78, 5) is 0. The van der Waals surface area contributed by atoms with Gasteiger partial charge in [0.05, 0.1) is 27.4 Å². The third-order valence-electron chi connectivity index (χ3n) is 6.47. The first-order valence-electron chi connectivity index (χ1n) is 11.9. The SMILES string of the molecule is COc1ccc(-c2ccc(COC[C@H]3O[C@@H]4OC(C)(C)O[C@@H]4[C@H]4OC(C)(C)O[C@H]43)cc2)cc1OC. The number of rotatable bonds is 7. The van der Waals surface area contributed by atoms with Crippen LogP contribution in [0.2, 0.25) is 0 Å². The molecule has 2 aromatic rings. The van der Waals surface area contributed by atoms with Crippen LogP contribution in [0.15, 0.2) is 42.5 Å². The van der Waals surface area contributed by atoms with Crippen LogP contribution in [-0.2, 0) is 35.0 Å². The molecule has 3 saturated heterocycles. The first kappa shape index (κ1) is 24.5. The largest absolute Gasteiger partial charge is 0.493 e. The van der Waals surface area contributed by atoms with E-state index in [0.29, 0.717) is 24.7 Å². The lowest BCUT2D eigenvalue weighted by Gasteiger charge is -2.37. The number of fused-ring (bicyclic) bond motifs is 3. The lowest BCUT2D eigenvalue weighted by molar-refractivity contribution is -0.243. The highest BCUT2D eigenvalue weighted by Crippen LogP contribution is 2.44.